The molecule has 7 heteroatoms. The second kappa shape index (κ2) is 6.08. The molecule has 3 aromatic rings. The number of benzene rings is 2. The van der Waals surface area contributed by atoms with Crippen molar-refractivity contribution in [2.45, 2.75) is 6.04 Å². The van der Waals surface area contributed by atoms with Crippen LogP contribution in [0.1, 0.15) is 17.4 Å². The molecule has 5 nitrogen and oxygen atoms in total. The van der Waals surface area contributed by atoms with Crippen LogP contribution >= 0.6 is 27.5 Å². The van der Waals surface area contributed by atoms with Crippen molar-refractivity contribution in [2.75, 3.05) is 0 Å². The molecule has 0 aliphatic rings. The van der Waals surface area contributed by atoms with Gasteiger partial charge >= 0.3 is 0 Å². The molecule has 0 spiro atoms. The zero-order valence-electron chi connectivity index (χ0n) is 11.3. The Morgan fingerprint density at radius 3 is 2.64 bits per heavy atom. The first kappa shape index (κ1) is 15.0. The summed E-state index contributed by atoms with van der Waals surface area (Å²) in [6.07, 6.45) is 0. The number of nitrogens with zero attached hydrogens (tertiary/aromatic N) is 2. The summed E-state index contributed by atoms with van der Waals surface area (Å²) in [5.74, 6) is 1.00. The normalized spacial score (nSPS) is 12.3. The molecule has 0 saturated carbocycles. The Balaban J connectivity index is 1.93. The molecule has 1 atom stereocenters. The van der Waals surface area contributed by atoms with Crippen LogP contribution in [-0.4, -0.2) is 20.3 Å². The number of phenols is 1. The quantitative estimate of drug-likeness (QED) is 0.648. The number of rotatable bonds is 3. The number of halogens is 2. The lowest BCUT2D eigenvalue weighted by Gasteiger charge is -2.08. The van der Waals surface area contributed by atoms with Crippen LogP contribution in [0.25, 0.3) is 11.4 Å². The van der Waals surface area contributed by atoms with Gasteiger partial charge in [0.05, 0.1) is 11.6 Å². The molecule has 112 valence electrons. The van der Waals surface area contributed by atoms with Gasteiger partial charge in [-0.3, -0.25) is 5.10 Å². The van der Waals surface area contributed by atoms with Crippen LogP contribution < -0.4 is 5.73 Å². The summed E-state index contributed by atoms with van der Waals surface area (Å²) in [6, 6.07) is 11.8. The molecule has 2 aromatic carbocycles. The lowest BCUT2D eigenvalue weighted by atomic mass is 10.1. The van der Waals surface area contributed by atoms with Gasteiger partial charge in [-0.2, -0.15) is 5.10 Å². The van der Waals surface area contributed by atoms with Crippen LogP contribution in [0.5, 0.6) is 5.75 Å². The number of nitrogens with one attached hydrogen (secondary N) is 1. The first-order valence-electron chi connectivity index (χ1n) is 6.47. The largest absolute Gasteiger partial charge is 0.507 e. The average molecular weight is 380 g/mol. The van der Waals surface area contributed by atoms with Crippen molar-refractivity contribution in [3.8, 4) is 17.1 Å². The van der Waals surface area contributed by atoms with Crippen molar-refractivity contribution >= 4 is 27.5 Å². The molecule has 1 aromatic heterocycles. The molecule has 4 N–H and O–H groups in total. The van der Waals surface area contributed by atoms with Crippen molar-refractivity contribution in [1.82, 2.24) is 15.2 Å². The predicted molar refractivity (Wildman–Crippen MR) is 88.7 cm³/mol. The summed E-state index contributed by atoms with van der Waals surface area (Å²) in [4.78, 5) is 4.38. The number of hydrogen-bond donors (Lipinski definition) is 3. The van der Waals surface area contributed by atoms with Gasteiger partial charge in [0.2, 0.25) is 0 Å². The maximum atomic E-state index is 9.92. The molecule has 0 aliphatic heterocycles. The van der Waals surface area contributed by atoms with Gasteiger partial charge in [0.1, 0.15) is 11.6 Å². The molecule has 3 rings (SSSR count). The molecule has 0 aliphatic carbocycles. The Labute approximate surface area is 140 Å². The molecular weight excluding hydrogens is 368 g/mol. The van der Waals surface area contributed by atoms with Gasteiger partial charge in [0, 0.05) is 9.50 Å². The minimum absolute atomic E-state index is 0.105. The van der Waals surface area contributed by atoms with E-state index in [-0.39, 0.29) is 5.75 Å². The Morgan fingerprint density at radius 2 is 1.91 bits per heavy atom. The van der Waals surface area contributed by atoms with E-state index in [1.165, 1.54) is 0 Å². The average Bonchev–Trinajstić information content (AvgIpc) is 2.99. The topological polar surface area (TPSA) is 87.8 Å². The van der Waals surface area contributed by atoms with Gasteiger partial charge in [-0.05, 0) is 35.9 Å². The van der Waals surface area contributed by atoms with Gasteiger partial charge in [-0.15, -0.1) is 0 Å². The van der Waals surface area contributed by atoms with E-state index in [1.54, 1.807) is 30.3 Å². The smallest absolute Gasteiger partial charge is 0.184 e. The monoisotopic (exact) mass is 378 g/mol. The highest BCUT2D eigenvalue weighted by Gasteiger charge is 2.16. The number of aromatic amines is 1. The van der Waals surface area contributed by atoms with Crippen LogP contribution in [0.15, 0.2) is 46.9 Å². The lowest BCUT2D eigenvalue weighted by Crippen LogP contribution is -2.13. The lowest BCUT2D eigenvalue weighted by molar-refractivity contribution is 0.477. The molecule has 1 unspecified atom stereocenters. The van der Waals surface area contributed by atoms with Crippen LogP contribution in [-0.2, 0) is 0 Å². The van der Waals surface area contributed by atoms with E-state index in [0.717, 1.165) is 10.0 Å². The number of phenolic OH excluding ortho intramolecular Hbond substituents is 1. The third kappa shape index (κ3) is 2.99. The van der Waals surface area contributed by atoms with E-state index in [9.17, 15) is 5.11 Å². The Morgan fingerprint density at radius 1 is 1.18 bits per heavy atom. The van der Waals surface area contributed by atoms with Crippen LogP contribution in [0.2, 0.25) is 5.02 Å². The Hall–Kier alpha value is -1.89. The van der Waals surface area contributed by atoms with Gasteiger partial charge in [-0.1, -0.05) is 39.7 Å². The highest BCUT2D eigenvalue weighted by molar-refractivity contribution is 9.10. The highest BCUT2D eigenvalue weighted by Crippen LogP contribution is 2.30. The summed E-state index contributed by atoms with van der Waals surface area (Å²) in [5.41, 5.74) is 7.57. The molecule has 0 amide bonds. The Kier molecular flexibility index (Phi) is 4.15. The van der Waals surface area contributed by atoms with E-state index in [2.05, 4.69) is 31.1 Å². The van der Waals surface area contributed by atoms with E-state index < -0.39 is 6.04 Å². The van der Waals surface area contributed by atoms with E-state index >= 15 is 0 Å². The molecule has 0 bridgehead atoms. The summed E-state index contributed by atoms with van der Waals surface area (Å²) in [7, 11) is 0. The fraction of sp³-hybridized carbons (Fsp3) is 0.0667. The summed E-state index contributed by atoms with van der Waals surface area (Å²) < 4.78 is 0.827. The van der Waals surface area contributed by atoms with Crippen molar-refractivity contribution in [1.29, 1.82) is 0 Å². The van der Waals surface area contributed by atoms with Gasteiger partial charge in [-0.25, -0.2) is 4.98 Å². The van der Waals surface area contributed by atoms with Crippen LogP contribution in [0, 0.1) is 0 Å². The summed E-state index contributed by atoms with van der Waals surface area (Å²) in [6.45, 7) is 0. The number of nitrogens with two attached hydrogens (primary N) is 1. The highest BCUT2D eigenvalue weighted by atomic mass is 79.9. The van der Waals surface area contributed by atoms with Crippen LogP contribution in [0.4, 0.5) is 0 Å². The molecule has 0 saturated heterocycles. The predicted octanol–water partition coefficient (Wildman–Crippen LogP) is 3.64. The molecule has 0 fully saturated rings. The summed E-state index contributed by atoms with van der Waals surface area (Å²) in [5, 5.41) is 17.5. The first-order chi connectivity index (χ1) is 10.5. The first-order valence-corrected chi connectivity index (χ1v) is 7.64. The van der Waals surface area contributed by atoms with Crippen molar-refractivity contribution in [3.63, 3.8) is 0 Å². The van der Waals surface area contributed by atoms with Gasteiger partial charge in [0.25, 0.3) is 0 Å². The number of H-pyrrole nitrogens is 1. The Bertz CT molecular complexity index is 804. The third-order valence-corrected chi connectivity index (χ3v) is 3.97. The van der Waals surface area contributed by atoms with Gasteiger partial charge in [0.15, 0.2) is 5.82 Å². The molecular formula is C15H12BrClN4O. The van der Waals surface area contributed by atoms with Crippen molar-refractivity contribution in [3.05, 3.63) is 63.3 Å². The third-order valence-electron chi connectivity index (χ3n) is 3.23. The van der Waals surface area contributed by atoms with Crippen LogP contribution in [0.3, 0.4) is 0 Å². The SMILES string of the molecule is NC(c1ccc(Cl)cc1)c1nc(-c2cc(Br)ccc2O)n[nH]1. The van der Waals surface area contributed by atoms with E-state index in [1.807, 2.05) is 12.1 Å². The zero-order valence-corrected chi connectivity index (χ0v) is 13.6. The molecule has 0 radical (unpaired) electrons. The maximum Gasteiger partial charge on any atom is 0.184 e. The molecule has 1 heterocycles. The zero-order chi connectivity index (χ0) is 15.7. The van der Waals surface area contributed by atoms with Crippen molar-refractivity contribution < 1.29 is 5.11 Å². The summed E-state index contributed by atoms with van der Waals surface area (Å²) >= 11 is 9.23. The minimum Gasteiger partial charge on any atom is -0.507 e. The standard InChI is InChI=1S/C15H12BrClN4O/c16-9-3-6-12(22)11(7-9)14-19-15(21-20-14)13(18)8-1-4-10(17)5-2-8/h1-7,13,22H,18H2,(H,19,20,21). The fourth-order valence-electron chi connectivity index (χ4n) is 2.05. The van der Waals surface area contributed by atoms with E-state index in [0.29, 0.717) is 22.2 Å². The van der Waals surface area contributed by atoms with Crippen molar-refractivity contribution in [2.24, 2.45) is 5.73 Å². The molecule has 22 heavy (non-hydrogen) atoms. The van der Waals surface area contributed by atoms with E-state index in [4.69, 9.17) is 17.3 Å². The second-order valence-corrected chi connectivity index (χ2v) is 6.09. The second-order valence-electron chi connectivity index (χ2n) is 4.73. The minimum atomic E-state index is -0.451. The number of hydrogen-bond acceptors (Lipinski definition) is 4. The maximum absolute atomic E-state index is 9.92. The fourth-order valence-corrected chi connectivity index (χ4v) is 2.54. The number of aromatic hydroxyl groups is 1. The van der Waals surface area contributed by atoms with Gasteiger partial charge < -0.3 is 10.8 Å². The number of aromatic nitrogens is 3.